The van der Waals surface area contributed by atoms with E-state index in [9.17, 15) is 4.79 Å². The summed E-state index contributed by atoms with van der Waals surface area (Å²) in [6.07, 6.45) is 0. The SMILES string of the molecule is CC(C)(C)[Si](C)(C)Oc1ccc2nc(C3=NC(C(=O)O)CS3)sc2c1. The molecule has 0 saturated carbocycles. The first kappa shape index (κ1) is 18.4. The van der Waals surface area contributed by atoms with E-state index in [1.165, 1.54) is 23.1 Å². The van der Waals surface area contributed by atoms with Crippen LogP contribution in [0.5, 0.6) is 5.75 Å². The van der Waals surface area contributed by atoms with Crippen LogP contribution >= 0.6 is 23.1 Å². The standard InChI is InChI=1S/C17H22N2O3S2Si/c1-17(2,3)25(4,5)22-10-6-7-11-13(8-10)24-15(18-11)14-19-12(9-23-14)16(20)21/h6-8,12H,9H2,1-5H3,(H,20,21). The van der Waals surface area contributed by atoms with Crippen molar-refractivity contribution in [2.75, 3.05) is 5.75 Å². The van der Waals surface area contributed by atoms with E-state index in [1.807, 2.05) is 18.2 Å². The summed E-state index contributed by atoms with van der Waals surface area (Å²) in [6, 6.07) is 5.30. The van der Waals surface area contributed by atoms with Crippen LogP contribution in [0.1, 0.15) is 25.8 Å². The fraction of sp³-hybridized carbons (Fsp3) is 0.471. The number of thioether (sulfide) groups is 1. The fourth-order valence-electron chi connectivity index (χ4n) is 2.13. The summed E-state index contributed by atoms with van der Waals surface area (Å²) in [5.74, 6) is 0.465. The third-order valence-corrected chi connectivity index (χ3v) is 11.2. The van der Waals surface area contributed by atoms with Crippen LogP contribution in [0.25, 0.3) is 10.2 Å². The minimum Gasteiger partial charge on any atom is -0.543 e. The molecule has 25 heavy (non-hydrogen) atoms. The number of aliphatic imine (C=N–C) groups is 1. The van der Waals surface area contributed by atoms with Crippen LogP contribution in [-0.4, -0.2) is 41.2 Å². The lowest BCUT2D eigenvalue weighted by atomic mass is 10.2. The molecule has 0 radical (unpaired) electrons. The van der Waals surface area contributed by atoms with Crippen molar-refractivity contribution in [1.29, 1.82) is 0 Å². The molecule has 8 heteroatoms. The molecule has 1 aliphatic heterocycles. The van der Waals surface area contributed by atoms with E-state index < -0.39 is 20.3 Å². The summed E-state index contributed by atoms with van der Waals surface area (Å²) in [6.45, 7) is 11.1. The van der Waals surface area contributed by atoms with E-state index in [2.05, 4.69) is 43.8 Å². The summed E-state index contributed by atoms with van der Waals surface area (Å²) in [4.78, 5) is 19.9. The fourth-order valence-corrected chi connectivity index (χ4v) is 5.24. The molecule has 0 fully saturated rings. The first-order valence-corrected chi connectivity index (χ1v) is 12.8. The van der Waals surface area contributed by atoms with Crippen LogP contribution in [-0.2, 0) is 4.79 Å². The first-order valence-electron chi connectivity index (χ1n) is 8.10. The Hall–Kier alpha value is -1.38. The molecule has 1 unspecified atom stereocenters. The van der Waals surface area contributed by atoms with Crippen LogP contribution in [0.3, 0.4) is 0 Å². The molecular weight excluding hydrogens is 372 g/mol. The van der Waals surface area contributed by atoms with E-state index in [-0.39, 0.29) is 5.04 Å². The molecule has 1 N–H and O–H groups in total. The summed E-state index contributed by atoms with van der Waals surface area (Å²) in [5, 5.41) is 10.7. The van der Waals surface area contributed by atoms with Gasteiger partial charge in [0.1, 0.15) is 15.8 Å². The molecule has 0 aliphatic carbocycles. The van der Waals surface area contributed by atoms with E-state index in [0.29, 0.717) is 5.75 Å². The van der Waals surface area contributed by atoms with Crippen molar-refractivity contribution >= 4 is 52.6 Å². The molecule has 2 aromatic rings. The number of thiazole rings is 1. The Bertz CT molecular complexity index is 855. The minimum absolute atomic E-state index is 0.141. The highest BCUT2D eigenvalue weighted by molar-refractivity contribution is 8.15. The lowest BCUT2D eigenvalue weighted by Crippen LogP contribution is -2.43. The Labute approximate surface area is 156 Å². The summed E-state index contributed by atoms with van der Waals surface area (Å²) >= 11 is 2.99. The van der Waals surface area contributed by atoms with Gasteiger partial charge in [-0.05, 0) is 36.3 Å². The lowest BCUT2D eigenvalue weighted by Gasteiger charge is -2.36. The monoisotopic (exact) mass is 394 g/mol. The Balaban J connectivity index is 1.88. The van der Waals surface area contributed by atoms with E-state index in [0.717, 1.165) is 26.0 Å². The van der Waals surface area contributed by atoms with Gasteiger partial charge in [0.05, 0.1) is 10.2 Å². The second-order valence-electron chi connectivity index (χ2n) is 7.61. The molecule has 0 amide bonds. The van der Waals surface area contributed by atoms with Crippen LogP contribution in [0.2, 0.25) is 18.1 Å². The van der Waals surface area contributed by atoms with Crippen molar-refractivity contribution in [2.45, 2.75) is 44.9 Å². The van der Waals surface area contributed by atoms with Crippen molar-refractivity contribution in [3.8, 4) is 5.75 Å². The highest BCUT2D eigenvalue weighted by Crippen LogP contribution is 2.38. The number of hydrogen-bond acceptors (Lipinski definition) is 6. The smallest absolute Gasteiger partial charge is 0.329 e. The van der Waals surface area contributed by atoms with Gasteiger partial charge >= 0.3 is 5.97 Å². The van der Waals surface area contributed by atoms with Gasteiger partial charge < -0.3 is 9.53 Å². The maximum Gasteiger partial charge on any atom is 0.329 e. The maximum atomic E-state index is 11.1. The Morgan fingerprint density at radius 2 is 2.08 bits per heavy atom. The molecule has 0 spiro atoms. The number of fused-ring (bicyclic) bond motifs is 1. The van der Waals surface area contributed by atoms with E-state index in [4.69, 9.17) is 9.53 Å². The van der Waals surface area contributed by atoms with Crippen LogP contribution < -0.4 is 4.43 Å². The third kappa shape index (κ3) is 3.75. The summed E-state index contributed by atoms with van der Waals surface area (Å²) in [7, 11) is -1.88. The Morgan fingerprint density at radius 1 is 1.36 bits per heavy atom. The Morgan fingerprint density at radius 3 is 2.68 bits per heavy atom. The predicted octanol–water partition coefficient (Wildman–Crippen LogP) is 4.63. The topological polar surface area (TPSA) is 71.8 Å². The van der Waals surface area contributed by atoms with Gasteiger partial charge in [-0.1, -0.05) is 20.8 Å². The summed E-state index contributed by atoms with van der Waals surface area (Å²) < 4.78 is 7.40. The number of carbonyl (C=O) groups is 1. The minimum atomic E-state index is -1.88. The van der Waals surface area contributed by atoms with E-state index in [1.54, 1.807) is 0 Å². The number of carboxylic acid groups (broad SMARTS) is 1. The van der Waals surface area contributed by atoms with Gasteiger partial charge in [0.15, 0.2) is 6.04 Å². The zero-order chi connectivity index (χ0) is 18.4. The highest BCUT2D eigenvalue weighted by atomic mass is 32.2. The molecule has 1 aromatic carbocycles. The molecule has 2 heterocycles. The number of aromatic nitrogens is 1. The van der Waals surface area contributed by atoms with Gasteiger partial charge in [0.25, 0.3) is 0 Å². The molecule has 0 bridgehead atoms. The highest BCUT2D eigenvalue weighted by Gasteiger charge is 2.39. The second-order valence-corrected chi connectivity index (χ2v) is 14.4. The van der Waals surface area contributed by atoms with Gasteiger partial charge in [-0.3, -0.25) is 4.99 Å². The molecule has 0 saturated heterocycles. The number of carboxylic acids is 1. The van der Waals surface area contributed by atoms with Crippen molar-refractivity contribution in [3.05, 3.63) is 23.2 Å². The van der Waals surface area contributed by atoms with Crippen LogP contribution in [0, 0.1) is 0 Å². The molecule has 5 nitrogen and oxygen atoms in total. The van der Waals surface area contributed by atoms with Crippen molar-refractivity contribution < 1.29 is 14.3 Å². The first-order chi connectivity index (χ1) is 11.6. The quantitative estimate of drug-likeness (QED) is 0.766. The van der Waals surface area contributed by atoms with Gasteiger partial charge in [0, 0.05) is 5.75 Å². The van der Waals surface area contributed by atoms with Crippen molar-refractivity contribution in [1.82, 2.24) is 4.98 Å². The molecule has 1 aliphatic rings. The zero-order valence-electron chi connectivity index (χ0n) is 15.0. The van der Waals surface area contributed by atoms with Crippen molar-refractivity contribution in [3.63, 3.8) is 0 Å². The van der Waals surface area contributed by atoms with Crippen LogP contribution in [0.15, 0.2) is 23.2 Å². The van der Waals surface area contributed by atoms with Gasteiger partial charge in [-0.15, -0.1) is 23.1 Å². The van der Waals surface area contributed by atoms with Crippen LogP contribution in [0.4, 0.5) is 0 Å². The van der Waals surface area contributed by atoms with Crippen molar-refractivity contribution in [2.24, 2.45) is 4.99 Å². The van der Waals surface area contributed by atoms with Gasteiger partial charge in [-0.25, -0.2) is 9.78 Å². The zero-order valence-corrected chi connectivity index (χ0v) is 17.6. The molecule has 1 atom stereocenters. The predicted molar refractivity (Wildman–Crippen MR) is 108 cm³/mol. The summed E-state index contributed by atoms with van der Waals surface area (Å²) in [5.41, 5.74) is 0.893. The average Bonchev–Trinajstić information content (AvgIpc) is 3.11. The number of aliphatic carboxylic acids is 1. The number of hydrogen-bond donors (Lipinski definition) is 1. The average molecular weight is 395 g/mol. The van der Waals surface area contributed by atoms with Gasteiger partial charge in [-0.2, -0.15) is 0 Å². The Kier molecular flexibility index (Phi) is 4.72. The van der Waals surface area contributed by atoms with E-state index >= 15 is 0 Å². The second kappa shape index (κ2) is 6.41. The third-order valence-electron chi connectivity index (χ3n) is 4.66. The molecule has 1 aromatic heterocycles. The maximum absolute atomic E-state index is 11.1. The molecule has 3 rings (SSSR count). The normalized spacial score (nSPS) is 18.4. The van der Waals surface area contributed by atoms with Gasteiger partial charge in [0.2, 0.25) is 8.32 Å². The lowest BCUT2D eigenvalue weighted by molar-refractivity contribution is -0.137. The number of nitrogens with zero attached hydrogens (tertiary/aromatic N) is 2. The largest absolute Gasteiger partial charge is 0.543 e. The molecule has 134 valence electrons. The number of rotatable bonds is 4. The number of benzene rings is 1. The molecular formula is C17H22N2O3S2Si.